The first-order valence-electron chi connectivity index (χ1n) is 6.92. The van der Waals surface area contributed by atoms with Crippen LogP contribution in [0.5, 0.6) is 0 Å². The quantitative estimate of drug-likeness (QED) is 0.801. The predicted molar refractivity (Wildman–Crippen MR) is 73.0 cm³/mol. The van der Waals surface area contributed by atoms with E-state index < -0.39 is 5.97 Å². The number of nitrogens with one attached hydrogen (secondary N) is 1. The maximum absolute atomic E-state index is 12.7. The highest BCUT2D eigenvalue weighted by Gasteiger charge is 2.16. The molecule has 6 heteroatoms. The van der Waals surface area contributed by atoms with Crippen LogP contribution >= 0.6 is 0 Å². The van der Waals surface area contributed by atoms with Crippen molar-refractivity contribution in [2.24, 2.45) is 0 Å². The van der Waals surface area contributed by atoms with E-state index >= 15 is 0 Å². The highest BCUT2D eigenvalue weighted by molar-refractivity contribution is 5.81. The summed E-state index contributed by atoms with van der Waals surface area (Å²) in [7, 11) is 0. The molecule has 1 aromatic carbocycles. The molecule has 1 heterocycles. The third-order valence-corrected chi connectivity index (χ3v) is 3.18. The van der Waals surface area contributed by atoms with Gasteiger partial charge < -0.3 is 14.8 Å². The zero-order chi connectivity index (χ0) is 15.1. The minimum absolute atomic E-state index is 0.0132. The summed E-state index contributed by atoms with van der Waals surface area (Å²) < 4.78 is 22.9. The summed E-state index contributed by atoms with van der Waals surface area (Å²) in [5.41, 5.74) is 0.640. The summed E-state index contributed by atoms with van der Waals surface area (Å²) in [5, 5.41) is 2.66. The monoisotopic (exact) mass is 295 g/mol. The minimum atomic E-state index is -0.520. The molecule has 1 atom stereocenters. The molecular formula is C15H18FNO4. The molecule has 0 aliphatic carbocycles. The van der Waals surface area contributed by atoms with E-state index in [-0.39, 0.29) is 30.9 Å². The molecular weight excluding hydrogens is 277 g/mol. The van der Waals surface area contributed by atoms with Crippen LogP contribution in [0.1, 0.15) is 18.4 Å². The lowest BCUT2D eigenvalue weighted by molar-refractivity contribution is -0.148. The number of ether oxygens (including phenoxy) is 2. The summed E-state index contributed by atoms with van der Waals surface area (Å²) in [6.07, 6.45) is 2.01. The van der Waals surface area contributed by atoms with E-state index in [1.54, 1.807) is 0 Å². The molecule has 5 nitrogen and oxygen atoms in total. The molecule has 0 unspecified atom stereocenters. The lowest BCUT2D eigenvalue weighted by Gasteiger charge is -2.11. The Balaban J connectivity index is 1.63. The van der Waals surface area contributed by atoms with Crippen molar-refractivity contribution in [3.05, 3.63) is 35.6 Å². The van der Waals surface area contributed by atoms with Crippen LogP contribution in [0, 0.1) is 5.82 Å². The summed E-state index contributed by atoms with van der Waals surface area (Å²) in [5.74, 6) is -1.23. The Hall–Kier alpha value is -1.95. The van der Waals surface area contributed by atoms with Crippen LogP contribution in [0.2, 0.25) is 0 Å². The summed E-state index contributed by atoms with van der Waals surface area (Å²) in [6, 6.07) is 5.57. The summed E-state index contributed by atoms with van der Waals surface area (Å²) >= 11 is 0. The second-order valence-corrected chi connectivity index (χ2v) is 4.90. The van der Waals surface area contributed by atoms with E-state index in [0.29, 0.717) is 12.1 Å². The highest BCUT2D eigenvalue weighted by atomic mass is 19.1. The molecule has 0 bridgehead atoms. The Morgan fingerprint density at radius 3 is 2.76 bits per heavy atom. The molecule has 1 aliphatic heterocycles. The van der Waals surface area contributed by atoms with Gasteiger partial charge in [-0.25, -0.2) is 4.39 Å². The average Bonchev–Trinajstić information content (AvgIpc) is 2.99. The van der Waals surface area contributed by atoms with Gasteiger partial charge in [0.15, 0.2) is 6.61 Å². The number of halogens is 1. The molecule has 1 fully saturated rings. The van der Waals surface area contributed by atoms with Crippen molar-refractivity contribution in [1.82, 2.24) is 5.32 Å². The number of esters is 1. The third-order valence-electron chi connectivity index (χ3n) is 3.18. The lowest BCUT2D eigenvalue weighted by Crippen LogP contribution is -2.35. The molecule has 1 aliphatic rings. The first kappa shape index (κ1) is 15.4. The fourth-order valence-electron chi connectivity index (χ4n) is 2.05. The van der Waals surface area contributed by atoms with Gasteiger partial charge in [0.05, 0.1) is 12.5 Å². The average molecular weight is 295 g/mol. The van der Waals surface area contributed by atoms with Gasteiger partial charge >= 0.3 is 5.97 Å². The summed E-state index contributed by atoms with van der Waals surface area (Å²) in [4.78, 5) is 23.0. The number of hydrogen-bond donors (Lipinski definition) is 1. The van der Waals surface area contributed by atoms with E-state index in [1.807, 2.05) is 0 Å². The summed E-state index contributed by atoms with van der Waals surface area (Å²) in [6.45, 7) is 0.855. The van der Waals surface area contributed by atoms with Crippen molar-refractivity contribution in [2.75, 3.05) is 19.8 Å². The largest absolute Gasteiger partial charge is 0.455 e. The Kier molecular flexibility index (Phi) is 5.68. The van der Waals surface area contributed by atoms with Crippen LogP contribution in [0.25, 0.3) is 0 Å². The second-order valence-electron chi connectivity index (χ2n) is 4.90. The molecule has 114 valence electrons. The van der Waals surface area contributed by atoms with Crippen molar-refractivity contribution >= 4 is 11.9 Å². The molecule has 0 saturated carbocycles. The van der Waals surface area contributed by atoms with Crippen LogP contribution in [0.4, 0.5) is 4.39 Å². The molecule has 2 rings (SSSR count). The maximum Gasteiger partial charge on any atom is 0.310 e. The first-order chi connectivity index (χ1) is 10.1. The predicted octanol–water partition coefficient (Wildman–Crippen LogP) is 1.21. The Morgan fingerprint density at radius 2 is 2.10 bits per heavy atom. The molecule has 0 aromatic heterocycles. The first-order valence-corrected chi connectivity index (χ1v) is 6.92. The second kappa shape index (κ2) is 7.73. The fourth-order valence-corrected chi connectivity index (χ4v) is 2.05. The zero-order valence-corrected chi connectivity index (χ0v) is 11.6. The molecule has 1 aromatic rings. The molecule has 0 spiro atoms. The standard InChI is InChI=1S/C15H18FNO4/c16-12-5-3-11(4-6-12)8-15(19)21-10-14(18)17-9-13-2-1-7-20-13/h3-6,13H,1-2,7-10H2,(H,17,18)/t13-/m1/s1. The van der Waals surface area contributed by atoms with Crippen LogP contribution in [-0.4, -0.2) is 37.7 Å². The van der Waals surface area contributed by atoms with E-state index in [9.17, 15) is 14.0 Å². The van der Waals surface area contributed by atoms with E-state index in [4.69, 9.17) is 9.47 Å². The number of amides is 1. The molecule has 1 amide bonds. The number of rotatable bonds is 6. The van der Waals surface area contributed by atoms with Crippen LogP contribution in [-0.2, 0) is 25.5 Å². The maximum atomic E-state index is 12.7. The van der Waals surface area contributed by atoms with Crippen LogP contribution < -0.4 is 5.32 Å². The SMILES string of the molecule is O=C(COC(=O)Cc1ccc(F)cc1)NC[C@H]1CCCO1. The Morgan fingerprint density at radius 1 is 1.33 bits per heavy atom. The Labute approximate surface area is 122 Å². The molecule has 1 N–H and O–H groups in total. The van der Waals surface area contributed by atoms with Crippen molar-refractivity contribution in [2.45, 2.75) is 25.4 Å². The molecule has 0 radical (unpaired) electrons. The van der Waals surface area contributed by atoms with Gasteiger partial charge in [0, 0.05) is 13.2 Å². The van der Waals surface area contributed by atoms with Gasteiger partial charge in [0.2, 0.25) is 0 Å². The number of carbonyl (C=O) groups excluding carboxylic acids is 2. The van der Waals surface area contributed by atoms with Crippen LogP contribution in [0.3, 0.4) is 0 Å². The van der Waals surface area contributed by atoms with Crippen LogP contribution in [0.15, 0.2) is 24.3 Å². The normalized spacial score (nSPS) is 17.5. The van der Waals surface area contributed by atoms with Crippen molar-refractivity contribution in [3.8, 4) is 0 Å². The van der Waals surface area contributed by atoms with E-state index in [1.165, 1.54) is 24.3 Å². The van der Waals surface area contributed by atoms with Crippen molar-refractivity contribution in [3.63, 3.8) is 0 Å². The van der Waals surface area contributed by atoms with Gasteiger partial charge in [-0.2, -0.15) is 0 Å². The minimum Gasteiger partial charge on any atom is -0.455 e. The van der Waals surface area contributed by atoms with Gasteiger partial charge in [-0.05, 0) is 30.5 Å². The number of hydrogen-bond acceptors (Lipinski definition) is 4. The van der Waals surface area contributed by atoms with E-state index in [0.717, 1.165) is 19.4 Å². The smallest absolute Gasteiger partial charge is 0.310 e. The molecule has 1 saturated heterocycles. The van der Waals surface area contributed by atoms with Crippen molar-refractivity contribution < 1.29 is 23.5 Å². The number of benzene rings is 1. The molecule has 21 heavy (non-hydrogen) atoms. The fraction of sp³-hybridized carbons (Fsp3) is 0.467. The topological polar surface area (TPSA) is 64.6 Å². The van der Waals surface area contributed by atoms with Gasteiger partial charge in [-0.1, -0.05) is 12.1 Å². The Bertz CT molecular complexity index is 483. The highest BCUT2D eigenvalue weighted by Crippen LogP contribution is 2.10. The van der Waals surface area contributed by atoms with Gasteiger partial charge in [0.25, 0.3) is 5.91 Å². The van der Waals surface area contributed by atoms with Gasteiger partial charge in [0.1, 0.15) is 5.82 Å². The third kappa shape index (κ3) is 5.51. The zero-order valence-electron chi connectivity index (χ0n) is 11.6. The van der Waals surface area contributed by atoms with Gasteiger partial charge in [-0.3, -0.25) is 9.59 Å². The van der Waals surface area contributed by atoms with E-state index in [2.05, 4.69) is 5.32 Å². The lowest BCUT2D eigenvalue weighted by atomic mass is 10.1. The van der Waals surface area contributed by atoms with Gasteiger partial charge in [-0.15, -0.1) is 0 Å². The number of carbonyl (C=O) groups is 2. The van der Waals surface area contributed by atoms with Crippen molar-refractivity contribution in [1.29, 1.82) is 0 Å².